The zero-order chi connectivity index (χ0) is 29.0. The second-order valence-electron chi connectivity index (χ2n) is 12.1. The molecule has 1 aliphatic carbocycles. The van der Waals surface area contributed by atoms with Crippen LogP contribution in [-0.4, -0.2) is 65.8 Å². The molecule has 41 heavy (non-hydrogen) atoms. The summed E-state index contributed by atoms with van der Waals surface area (Å²) in [4.78, 5) is 44.1. The SMILES string of the molecule is Cc1cc(NC(=O)[C@H](CCN)NC(=O)[C@@H]2Cc3ccccc3CN2CCCC(=O)N2CCC3(CCC3)C2)ccc1Cl. The lowest BCUT2D eigenvalue weighted by molar-refractivity contribution is -0.131. The quantitative estimate of drug-likeness (QED) is 0.394. The summed E-state index contributed by atoms with van der Waals surface area (Å²) >= 11 is 6.13. The summed E-state index contributed by atoms with van der Waals surface area (Å²) in [5.41, 5.74) is 10.0. The average Bonchev–Trinajstić information content (AvgIpc) is 3.41. The third kappa shape index (κ3) is 6.93. The molecule has 8 nitrogen and oxygen atoms in total. The van der Waals surface area contributed by atoms with Crippen molar-refractivity contribution in [1.82, 2.24) is 15.1 Å². The van der Waals surface area contributed by atoms with Crippen molar-refractivity contribution in [3.63, 3.8) is 0 Å². The first-order valence-corrected chi connectivity index (χ1v) is 15.3. The minimum atomic E-state index is -0.766. The van der Waals surface area contributed by atoms with E-state index in [1.54, 1.807) is 18.2 Å². The van der Waals surface area contributed by atoms with Gasteiger partial charge in [-0.05, 0) is 98.8 Å². The van der Waals surface area contributed by atoms with Crippen LogP contribution in [0, 0.1) is 12.3 Å². The molecule has 220 valence electrons. The maximum absolute atomic E-state index is 13.7. The zero-order valence-electron chi connectivity index (χ0n) is 24.0. The van der Waals surface area contributed by atoms with Crippen LogP contribution < -0.4 is 16.4 Å². The maximum atomic E-state index is 13.7. The molecule has 5 rings (SSSR count). The van der Waals surface area contributed by atoms with Gasteiger partial charge in [-0.2, -0.15) is 0 Å². The first-order chi connectivity index (χ1) is 19.8. The number of carbonyl (C=O) groups is 3. The molecule has 2 aromatic carbocycles. The Hall–Kier alpha value is -2.94. The van der Waals surface area contributed by atoms with Crippen molar-refractivity contribution in [3.8, 4) is 0 Å². The highest BCUT2D eigenvalue weighted by Crippen LogP contribution is 2.48. The van der Waals surface area contributed by atoms with Crippen molar-refractivity contribution in [2.75, 3.05) is 31.5 Å². The van der Waals surface area contributed by atoms with Crippen molar-refractivity contribution < 1.29 is 14.4 Å². The standard InChI is InChI=1S/C32H42ClN5O3/c1-22-18-25(9-10-26(22)33)35-30(40)27(11-15-34)36-31(41)28-19-23-6-2-3-7-24(23)20-37(28)16-4-8-29(39)38-17-14-32(21-38)12-5-13-32/h2-3,6-7,9-10,18,27-28H,4-5,8,11-17,19-21,34H2,1H3,(H,35,40)(H,36,41)/t27-,28-/m0/s1. The lowest BCUT2D eigenvalue weighted by Gasteiger charge is -2.38. The highest BCUT2D eigenvalue weighted by molar-refractivity contribution is 6.31. The van der Waals surface area contributed by atoms with Gasteiger partial charge in [0.15, 0.2) is 0 Å². The number of carbonyl (C=O) groups excluding carboxylic acids is 3. The average molecular weight is 580 g/mol. The van der Waals surface area contributed by atoms with Crippen LogP contribution in [0.4, 0.5) is 5.69 Å². The fraction of sp³-hybridized carbons (Fsp3) is 0.531. The van der Waals surface area contributed by atoms with Crippen molar-refractivity contribution in [3.05, 3.63) is 64.2 Å². The largest absolute Gasteiger partial charge is 0.343 e. The van der Waals surface area contributed by atoms with E-state index in [1.807, 2.05) is 24.0 Å². The molecule has 3 aliphatic rings. The molecule has 0 bridgehead atoms. The molecule has 2 atom stereocenters. The number of nitrogens with one attached hydrogen (secondary N) is 2. The molecule has 2 aromatic rings. The molecule has 1 saturated heterocycles. The van der Waals surface area contributed by atoms with Gasteiger partial charge in [0.2, 0.25) is 17.7 Å². The van der Waals surface area contributed by atoms with Crippen molar-refractivity contribution in [2.24, 2.45) is 11.1 Å². The molecule has 2 aliphatic heterocycles. The molecule has 0 unspecified atom stereocenters. The number of hydrogen-bond donors (Lipinski definition) is 3. The minimum absolute atomic E-state index is 0.196. The van der Waals surface area contributed by atoms with Crippen LogP contribution in [0.15, 0.2) is 42.5 Å². The first kappa shape index (κ1) is 29.5. The maximum Gasteiger partial charge on any atom is 0.246 e. The van der Waals surface area contributed by atoms with Gasteiger partial charge in [-0.15, -0.1) is 0 Å². The van der Waals surface area contributed by atoms with Crippen LogP contribution >= 0.6 is 11.6 Å². The molecule has 0 radical (unpaired) electrons. The van der Waals surface area contributed by atoms with E-state index >= 15 is 0 Å². The third-order valence-corrected chi connectivity index (χ3v) is 9.63. The van der Waals surface area contributed by atoms with Crippen LogP contribution in [0.2, 0.25) is 5.02 Å². The van der Waals surface area contributed by atoms with E-state index in [4.69, 9.17) is 17.3 Å². The van der Waals surface area contributed by atoms with E-state index in [0.29, 0.717) is 54.9 Å². The Kier molecular flexibility index (Phi) is 9.32. The van der Waals surface area contributed by atoms with E-state index in [9.17, 15) is 14.4 Å². The van der Waals surface area contributed by atoms with Gasteiger partial charge < -0.3 is 21.3 Å². The first-order valence-electron chi connectivity index (χ1n) is 14.9. The number of hydrogen-bond acceptors (Lipinski definition) is 5. The third-order valence-electron chi connectivity index (χ3n) is 9.20. The van der Waals surface area contributed by atoms with Gasteiger partial charge in [0.1, 0.15) is 6.04 Å². The van der Waals surface area contributed by atoms with Crippen LogP contribution in [0.5, 0.6) is 0 Å². The Morgan fingerprint density at radius 1 is 1.12 bits per heavy atom. The number of rotatable bonds is 10. The Labute approximate surface area is 248 Å². The number of amides is 3. The Bertz CT molecular complexity index is 1280. The molecule has 2 heterocycles. The van der Waals surface area contributed by atoms with E-state index in [2.05, 4.69) is 27.7 Å². The molecular weight excluding hydrogens is 538 g/mol. The number of nitrogens with zero attached hydrogens (tertiary/aromatic N) is 2. The van der Waals surface area contributed by atoms with Gasteiger partial charge in [-0.3, -0.25) is 19.3 Å². The summed E-state index contributed by atoms with van der Waals surface area (Å²) < 4.78 is 0. The number of benzene rings is 2. The van der Waals surface area contributed by atoms with Gasteiger partial charge in [0.25, 0.3) is 0 Å². The second kappa shape index (κ2) is 12.9. The van der Waals surface area contributed by atoms with Gasteiger partial charge in [-0.1, -0.05) is 42.3 Å². The zero-order valence-corrected chi connectivity index (χ0v) is 24.7. The normalized spacial score (nSPS) is 20.3. The highest BCUT2D eigenvalue weighted by atomic mass is 35.5. The number of nitrogens with two attached hydrogens (primary N) is 1. The monoisotopic (exact) mass is 579 g/mol. The fourth-order valence-electron chi connectivity index (χ4n) is 6.55. The highest BCUT2D eigenvalue weighted by Gasteiger charge is 2.44. The lowest BCUT2D eigenvalue weighted by atomic mass is 9.68. The van der Waals surface area contributed by atoms with Crippen LogP contribution in [-0.2, 0) is 27.3 Å². The van der Waals surface area contributed by atoms with Crippen molar-refractivity contribution >= 4 is 35.0 Å². The van der Waals surface area contributed by atoms with Gasteiger partial charge in [0.05, 0.1) is 6.04 Å². The predicted molar refractivity (Wildman–Crippen MR) is 161 cm³/mol. The summed E-state index contributed by atoms with van der Waals surface area (Å²) in [5.74, 6) is -0.281. The topological polar surface area (TPSA) is 108 Å². The van der Waals surface area contributed by atoms with Gasteiger partial charge in [-0.25, -0.2) is 0 Å². The summed E-state index contributed by atoms with van der Waals surface area (Å²) in [7, 11) is 0. The number of likely N-dealkylation sites (tertiary alicyclic amines) is 1. The second-order valence-corrected chi connectivity index (χ2v) is 12.5. The predicted octanol–water partition coefficient (Wildman–Crippen LogP) is 4.03. The number of anilines is 1. The van der Waals surface area contributed by atoms with Crippen molar-refractivity contribution in [2.45, 2.75) is 76.9 Å². The summed E-state index contributed by atoms with van der Waals surface area (Å²) in [6.07, 6.45) is 6.98. The van der Waals surface area contributed by atoms with Crippen LogP contribution in [0.3, 0.4) is 0 Å². The molecular formula is C32H42ClN5O3. The molecule has 1 spiro atoms. The Balaban J connectivity index is 1.22. The lowest BCUT2D eigenvalue weighted by Crippen LogP contribution is -2.55. The Morgan fingerprint density at radius 3 is 2.59 bits per heavy atom. The molecule has 3 amide bonds. The number of halogens is 1. The smallest absolute Gasteiger partial charge is 0.246 e. The van der Waals surface area contributed by atoms with Gasteiger partial charge in [0, 0.05) is 36.8 Å². The summed E-state index contributed by atoms with van der Waals surface area (Å²) in [6.45, 7) is 5.18. The Morgan fingerprint density at radius 2 is 1.90 bits per heavy atom. The molecule has 2 fully saturated rings. The van der Waals surface area contributed by atoms with Crippen molar-refractivity contribution in [1.29, 1.82) is 0 Å². The van der Waals surface area contributed by atoms with E-state index in [-0.39, 0.29) is 24.3 Å². The number of aryl methyl sites for hydroxylation is 1. The van der Waals surface area contributed by atoms with E-state index in [1.165, 1.54) is 24.8 Å². The minimum Gasteiger partial charge on any atom is -0.343 e. The summed E-state index contributed by atoms with van der Waals surface area (Å²) in [5, 5.41) is 6.50. The fourth-order valence-corrected chi connectivity index (χ4v) is 6.67. The van der Waals surface area contributed by atoms with Crippen LogP contribution in [0.25, 0.3) is 0 Å². The molecule has 1 saturated carbocycles. The molecule has 9 heteroatoms. The number of fused-ring (bicyclic) bond motifs is 1. The molecule has 0 aromatic heterocycles. The van der Waals surface area contributed by atoms with E-state index < -0.39 is 12.1 Å². The van der Waals surface area contributed by atoms with Crippen LogP contribution in [0.1, 0.15) is 61.6 Å². The molecule has 4 N–H and O–H groups in total. The van der Waals surface area contributed by atoms with Gasteiger partial charge >= 0.3 is 0 Å². The van der Waals surface area contributed by atoms with E-state index in [0.717, 1.165) is 30.6 Å². The summed E-state index contributed by atoms with van der Waals surface area (Å²) in [6, 6.07) is 12.3.